The predicted octanol–water partition coefficient (Wildman–Crippen LogP) is 3.78. The lowest BCUT2D eigenvalue weighted by atomic mass is 10.2. The van der Waals surface area contributed by atoms with E-state index in [1.165, 1.54) is 6.20 Å². The Morgan fingerprint density at radius 3 is 2.42 bits per heavy atom. The molecule has 0 spiro atoms. The molecular formula is C17H14F3N3O. The Morgan fingerprint density at radius 2 is 1.75 bits per heavy atom. The summed E-state index contributed by atoms with van der Waals surface area (Å²) in [5, 5.41) is 0. The molecule has 24 heavy (non-hydrogen) atoms. The van der Waals surface area contributed by atoms with Crippen LogP contribution in [0.15, 0.2) is 72.1 Å². The van der Waals surface area contributed by atoms with Gasteiger partial charge in [-0.3, -0.25) is 4.98 Å². The standard InChI is InChI=1S/C17H14F3N3O/c18-17(19,20)15-8-11-23(12-13-6-9-21-10-7-13)16(22-15)24-14-4-2-1-3-5-14/h1-11,16H,12H2. The fourth-order valence-corrected chi connectivity index (χ4v) is 2.19. The van der Waals surface area contributed by atoms with Crippen molar-refractivity contribution in [1.29, 1.82) is 0 Å². The number of aromatic nitrogens is 1. The van der Waals surface area contributed by atoms with Gasteiger partial charge in [0.25, 0.3) is 6.35 Å². The van der Waals surface area contributed by atoms with Gasteiger partial charge in [-0.15, -0.1) is 0 Å². The fraction of sp³-hybridized carbons (Fsp3) is 0.176. The van der Waals surface area contributed by atoms with E-state index in [4.69, 9.17) is 4.74 Å². The van der Waals surface area contributed by atoms with Crippen LogP contribution in [0, 0.1) is 0 Å². The highest BCUT2D eigenvalue weighted by atomic mass is 19.4. The lowest BCUT2D eigenvalue weighted by molar-refractivity contribution is -0.0609. The maximum atomic E-state index is 12.9. The van der Waals surface area contributed by atoms with Crippen LogP contribution in [0.5, 0.6) is 5.75 Å². The molecule has 1 aromatic heterocycles. The molecule has 0 aliphatic carbocycles. The molecule has 0 amide bonds. The average Bonchev–Trinajstić information content (AvgIpc) is 2.57. The van der Waals surface area contributed by atoms with Crippen molar-refractivity contribution in [1.82, 2.24) is 9.88 Å². The molecule has 0 radical (unpaired) electrons. The minimum absolute atomic E-state index is 0.352. The molecule has 2 aromatic rings. The van der Waals surface area contributed by atoms with E-state index in [0.717, 1.165) is 11.6 Å². The molecule has 2 heterocycles. The number of hydrogen-bond donors (Lipinski definition) is 0. The van der Waals surface area contributed by atoms with E-state index in [0.29, 0.717) is 12.3 Å². The monoisotopic (exact) mass is 333 g/mol. The molecule has 0 N–H and O–H groups in total. The molecule has 4 nitrogen and oxygen atoms in total. The zero-order valence-electron chi connectivity index (χ0n) is 12.5. The molecule has 1 atom stereocenters. The third-order valence-corrected chi connectivity index (χ3v) is 3.35. The average molecular weight is 333 g/mol. The smallest absolute Gasteiger partial charge is 0.433 e. The lowest BCUT2D eigenvalue weighted by Crippen LogP contribution is -2.39. The van der Waals surface area contributed by atoms with Gasteiger partial charge in [-0.05, 0) is 35.9 Å². The van der Waals surface area contributed by atoms with Crippen LogP contribution >= 0.6 is 0 Å². The zero-order chi connectivity index (χ0) is 17.0. The van der Waals surface area contributed by atoms with E-state index in [2.05, 4.69) is 9.98 Å². The summed E-state index contributed by atoms with van der Waals surface area (Å²) in [4.78, 5) is 9.24. The number of alkyl halides is 3. The van der Waals surface area contributed by atoms with Crippen LogP contribution in [0.25, 0.3) is 0 Å². The van der Waals surface area contributed by atoms with Gasteiger partial charge in [0.05, 0.1) is 0 Å². The first-order valence-corrected chi connectivity index (χ1v) is 7.22. The van der Waals surface area contributed by atoms with Crippen molar-refractivity contribution in [3.05, 3.63) is 72.7 Å². The lowest BCUT2D eigenvalue weighted by Gasteiger charge is -2.31. The van der Waals surface area contributed by atoms with Crippen molar-refractivity contribution < 1.29 is 17.9 Å². The second-order valence-electron chi connectivity index (χ2n) is 5.11. The second-order valence-corrected chi connectivity index (χ2v) is 5.11. The number of halogens is 3. The topological polar surface area (TPSA) is 37.7 Å². The summed E-state index contributed by atoms with van der Waals surface area (Å²) in [5.41, 5.74) is -0.0728. The Balaban J connectivity index is 1.84. The molecule has 1 aliphatic rings. The van der Waals surface area contributed by atoms with Gasteiger partial charge in [-0.25, -0.2) is 4.99 Å². The van der Waals surface area contributed by atoms with Crippen molar-refractivity contribution in [3.63, 3.8) is 0 Å². The number of allylic oxidation sites excluding steroid dienone is 1. The summed E-state index contributed by atoms with van der Waals surface area (Å²) in [6.45, 7) is 0.352. The van der Waals surface area contributed by atoms with Crippen LogP contribution in [0.2, 0.25) is 0 Å². The number of aliphatic imine (C=N–C) groups is 1. The highest BCUT2D eigenvalue weighted by Gasteiger charge is 2.37. The van der Waals surface area contributed by atoms with Crippen LogP contribution in [-0.2, 0) is 6.54 Å². The highest BCUT2D eigenvalue weighted by molar-refractivity contribution is 5.99. The van der Waals surface area contributed by atoms with Crippen LogP contribution < -0.4 is 4.74 Å². The van der Waals surface area contributed by atoms with Crippen molar-refractivity contribution in [2.75, 3.05) is 0 Å². The Hall–Kier alpha value is -2.83. The van der Waals surface area contributed by atoms with Crippen LogP contribution in [0.1, 0.15) is 5.56 Å². The molecule has 1 aliphatic heterocycles. The van der Waals surface area contributed by atoms with E-state index in [1.807, 2.05) is 0 Å². The van der Waals surface area contributed by atoms with Gasteiger partial charge in [-0.2, -0.15) is 13.2 Å². The minimum atomic E-state index is -4.52. The Bertz CT molecular complexity index is 730. The molecule has 124 valence electrons. The van der Waals surface area contributed by atoms with Crippen LogP contribution in [0.3, 0.4) is 0 Å². The maximum absolute atomic E-state index is 12.9. The quantitative estimate of drug-likeness (QED) is 0.855. The highest BCUT2D eigenvalue weighted by Crippen LogP contribution is 2.25. The maximum Gasteiger partial charge on any atom is 0.433 e. The SMILES string of the molecule is FC(F)(F)C1=NC(Oc2ccccc2)N(Cc2ccncc2)C=C1. The van der Waals surface area contributed by atoms with Gasteiger partial charge in [0.1, 0.15) is 11.5 Å². The molecule has 0 saturated heterocycles. The normalized spacial score (nSPS) is 17.5. The van der Waals surface area contributed by atoms with E-state index in [-0.39, 0.29) is 0 Å². The van der Waals surface area contributed by atoms with E-state index in [9.17, 15) is 13.2 Å². The van der Waals surface area contributed by atoms with Gasteiger partial charge in [-0.1, -0.05) is 18.2 Å². The number of ether oxygens (including phenoxy) is 1. The fourth-order valence-electron chi connectivity index (χ4n) is 2.19. The number of hydrogen-bond acceptors (Lipinski definition) is 4. The summed E-state index contributed by atoms with van der Waals surface area (Å²) in [6, 6.07) is 12.2. The van der Waals surface area contributed by atoms with Gasteiger partial charge < -0.3 is 9.64 Å². The van der Waals surface area contributed by atoms with E-state index in [1.54, 1.807) is 59.8 Å². The van der Waals surface area contributed by atoms with Crippen LogP contribution in [-0.4, -0.2) is 28.1 Å². The number of nitrogens with zero attached hydrogens (tertiary/aromatic N) is 3. The van der Waals surface area contributed by atoms with Gasteiger partial charge >= 0.3 is 6.18 Å². The summed E-state index contributed by atoms with van der Waals surface area (Å²) in [5.74, 6) is 0.447. The molecule has 3 rings (SSSR count). The first-order valence-electron chi connectivity index (χ1n) is 7.22. The first-order chi connectivity index (χ1) is 11.5. The summed E-state index contributed by atoms with van der Waals surface area (Å²) >= 11 is 0. The van der Waals surface area contributed by atoms with Crippen molar-refractivity contribution in [3.8, 4) is 5.75 Å². The second kappa shape index (κ2) is 6.74. The molecule has 0 saturated carbocycles. The molecule has 0 fully saturated rings. The number of pyridine rings is 1. The number of para-hydroxylation sites is 1. The Labute approximate surface area is 136 Å². The zero-order valence-corrected chi connectivity index (χ0v) is 12.5. The van der Waals surface area contributed by atoms with Gasteiger partial charge in [0, 0.05) is 25.1 Å². The third-order valence-electron chi connectivity index (χ3n) is 3.35. The molecule has 1 unspecified atom stereocenters. The van der Waals surface area contributed by atoms with Crippen molar-refractivity contribution in [2.45, 2.75) is 19.1 Å². The van der Waals surface area contributed by atoms with Crippen molar-refractivity contribution >= 4 is 5.71 Å². The van der Waals surface area contributed by atoms with Gasteiger partial charge in [0.2, 0.25) is 0 Å². The van der Waals surface area contributed by atoms with E-state index >= 15 is 0 Å². The Morgan fingerprint density at radius 1 is 1.04 bits per heavy atom. The largest absolute Gasteiger partial charge is 0.450 e. The van der Waals surface area contributed by atoms with Crippen LogP contribution in [0.4, 0.5) is 13.2 Å². The first kappa shape index (κ1) is 16.0. The predicted molar refractivity (Wildman–Crippen MR) is 83.3 cm³/mol. The third kappa shape index (κ3) is 3.92. The minimum Gasteiger partial charge on any atom is -0.450 e. The van der Waals surface area contributed by atoms with E-state index < -0.39 is 18.2 Å². The number of benzene rings is 1. The Kier molecular flexibility index (Phi) is 4.50. The molecular weight excluding hydrogens is 319 g/mol. The molecule has 0 bridgehead atoms. The molecule has 1 aromatic carbocycles. The van der Waals surface area contributed by atoms with Gasteiger partial charge in [0.15, 0.2) is 0 Å². The van der Waals surface area contributed by atoms with Crippen molar-refractivity contribution in [2.24, 2.45) is 4.99 Å². The number of rotatable bonds is 4. The summed E-state index contributed by atoms with van der Waals surface area (Å²) in [7, 11) is 0. The molecule has 7 heteroatoms. The summed E-state index contributed by atoms with van der Waals surface area (Å²) in [6.07, 6.45) is -0.0591. The summed E-state index contributed by atoms with van der Waals surface area (Å²) < 4.78 is 44.5.